The van der Waals surface area contributed by atoms with E-state index < -0.39 is 5.82 Å². The van der Waals surface area contributed by atoms with Crippen molar-refractivity contribution in [2.24, 2.45) is 0 Å². The first kappa shape index (κ1) is 17.9. The summed E-state index contributed by atoms with van der Waals surface area (Å²) in [7, 11) is 3.08. The van der Waals surface area contributed by atoms with Crippen LogP contribution in [0.3, 0.4) is 0 Å². The molecule has 0 aliphatic carbocycles. The maximum absolute atomic E-state index is 14.4. The van der Waals surface area contributed by atoms with E-state index in [1.165, 1.54) is 23.3 Å². The standard InChI is InChI=1S/C20H18FNO3S/c1-22(12-13-6-3-4-8-15(13)23)20(24)18-11-10-17(26-18)14-7-5-9-16(25-2)19(14)21/h3-11,23H,12H2,1-2H3. The number of thiophene rings is 1. The molecule has 1 amide bonds. The number of carbonyl (C=O) groups is 1. The second-order valence-electron chi connectivity index (χ2n) is 5.78. The van der Waals surface area contributed by atoms with Gasteiger partial charge in [0.2, 0.25) is 0 Å². The fourth-order valence-corrected chi connectivity index (χ4v) is 3.64. The highest BCUT2D eigenvalue weighted by Gasteiger charge is 2.18. The van der Waals surface area contributed by atoms with Gasteiger partial charge in [-0.3, -0.25) is 4.79 Å². The molecule has 0 radical (unpaired) electrons. The summed E-state index contributed by atoms with van der Waals surface area (Å²) >= 11 is 1.22. The average Bonchev–Trinajstić information content (AvgIpc) is 3.13. The van der Waals surface area contributed by atoms with E-state index in [-0.39, 0.29) is 24.0 Å². The summed E-state index contributed by atoms with van der Waals surface area (Å²) in [5.41, 5.74) is 1.07. The summed E-state index contributed by atoms with van der Waals surface area (Å²) in [5.74, 6) is -0.316. The Kier molecular flexibility index (Phi) is 5.23. The minimum absolute atomic E-state index is 0.150. The lowest BCUT2D eigenvalue weighted by molar-refractivity contribution is 0.0789. The Balaban J connectivity index is 1.81. The largest absolute Gasteiger partial charge is 0.508 e. The Labute approximate surface area is 155 Å². The number of rotatable bonds is 5. The van der Waals surface area contributed by atoms with Crippen LogP contribution in [0.5, 0.6) is 11.5 Å². The van der Waals surface area contributed by atoms with Gasteiger partial charge in [-0.2, -0.15) is 0 Å². The number of benzene rings is 2. The SMILES string of the molecule is COc1cccc(-c2ccc(C(=O)N(C)Cc3ccccc3O)s2)c1F. The van der Waals surface area contributed by atoms with Crippen molar-refractivity contribution in [1.29, 1.82) is 0 Å². The number of amides is 1. The van der Waals surface area contributed by atoms with E-state index in [0.29, 0.717) is 20.9 Å². The van der Waals surface area contributed by atoms with E-state index in [0.717, 1.165) is 0 Å². The van der Waals surface area contributed by atoms with Gasteiger partial charge in [-0.25, -0.2) is 4.39 Å². The van der Waals surface area contributed by atoms with Crippen LogP contribution in [0.4, 0.5) is 4.39 Å². The Morgan fingerprint density at radius 3 is 2.65 bits per heavy atom. The molecule has 0 atom stereocenters. The number of nitrogens with zero attached hydrogens (tertiary/aromatic N) is 1. The number of para-hydroxylation sites is 1. The lowest BCUT2D eigenvalue weighted by atomic mass is 10.1. The number of halogens is 1. The molecule has 0 saturated heterocycles. The summed E-state index contributed by atoms with van der Waals surface area (Å²) < 4.78 is 19.4. The zero-order chi connectivity index (χ0) is 18.7. The topological polar surface area (TPSA) is 49.8 Å². The number of phenols is 1. The van der Waals surface area contributed by atoms with Gasteiger partial charge in [0.05, 0.1) is 12.0 Å². The minimum atomic E-state index is -0.446. The first-order valence-corrected chi connectivity index (χ1v) is 8.78. The molecule has 0 unspecified atom stereocenters. The molecular weight excluding hydrogens is 353 g/mol. The molecule has 26 heavy (non-hydrogen) atoms. The third-order valence-corrected chi connectivity index (χ3v) is 5.12. The van der Waals surface area contributed by atoms with E-state index >= 15 is 0 Å². The fourth-order valence-electron chi connectivity index (χ4n) is 2.62. The summed E-state index contributed by atoms with van der Waals surface area (Å²) in [6.07, 6.45) is 0. The summed E-state index contributed by atoms with van der Waals surface area (Å²) in [6.45, 7) is 0.284. The van der Waals surface area contributed by atoms with Crippen LogP contribution in [0.1, 0.15) is 15.2 Å². The van der Waals surface area contributed by atoms with E-state index in [2.05, 4.69) is 0 Å². The third-order valence-electron chi connectivity index (χ3n) is 4.01. The molecule has 0 spiro atoms. The molecule has 0 aliphatic rings. The predicted octanol–water partition coefficient (Wildman–Crippen LogP) is 4.54. The van der Waals surface area contributed by atoms with Crippen molar-refractivity contribution in [3.63, 3.8) is 0 Å². The van der Waals surface area contributed by atoms with Crippen LogP contribution in [0.15, 0.2) is 54.6 Å². The van der Waals surface area contributed by atoms with Crippen molar-refractivity contribution < 1.29 is 19.0 Å². The lowest BCUT2D eigenvalue weighted by Crippen LogP contribution is -2.25. The maximum atomic E-state index is 14.4. The number of methoxy groups -OCH3 is 1. The fraction of sp³-hybridized carbons (Fsp3) is 0.150. The molecule has 0 bridgehead atoms. The van der Waals surface area contributed by atoms with Gasteiger partial charge >= 0.3 is 0 Å². The normalized spacial score (nSPS) is 10.6. The van der Waals surface area contributed by atoms with Crippen molar-refractivity contribution in [3.8, 4) is 21.9 Å². The highest BCUT2D eigenvalue weighted by Crippen LogP contribution is 2.34. The van der Waals surface area contributed by atoms with Crippen molar-refractivity contribution in [3.05, 3.63) is 70.9 Å². The van der Waals surface area contributed by atoms with Gasteiger partial charge in [0.25, 0.3) is 5.91 Å². The van der Waals surface area contributed by atoms with Gasteiger partial charge in [0, 0.05) is 29.6 Å². The molecule has 0 aliphatic heterocycles. The second-order valence-corrected chi connectivity index (χ2v) is 6.86. The van der Waals surface area contributed by atoms with Crippen LogP contribution in [0.25, 0.3) is 10.4 Å². The third kappa shape index (κ3) is 3.55. The number of hydrogen-bond acceptors (Lipinski definition) is 4. The van der Waals surface area contributed by atoms with E-state index in [9.17, 15) is 14.3 Å². The van der Waals surface area contributed by atoms with Gasteiger partial charge in [0.1, 0.15) is 5.75 Å². The van der Waals surface area contributed by atoms with Crippen LogP contribution in [-0.4, -0.2) is 30.1 Å². The van der Waals surface area contributed by atoms with Gasteiger partial charge < -0.3 is 14.7 Å². The van der Waals surface area contributed by atoms with Gasteiger partial charge in [-0.1, -0.05) is 30.3 Å². The molecule has 0 fully saturated rings. The molecule has 6 heteroatoms. The Bertz CT molecular complexity index is 938. The number of aromatic hydroxyl groups is 1. The summed E-state index contributed by atoms with van der Waals surface area (Å²) in [5, 5.41) is 9.86. The summed E-state index contributed by atoms with van der Waals surface area (Å²) in [4.78, 5) is 15.3. The molecule has 3 rings (SSSR count). The Hall–Kier alpha value is -2.86. The average molecular weight is 371 g/mol. The maximum Gasteiger partial charge on any atom is 0.263 e. The molecule has 0 saturated carbocycles. The van der Waals surface area contributed by atoms with Crippen molar-refractivity contribution in [1.82, 2.24) is 4.90 Å². The van der Waals surface area contributed by atoms with E-state index in [4.69, 9.17) is 4.74 Å². The van der Waals surface area contributed by atoms with Crippen LogP contribution in [0.2, 0.25) is 0 Å². The first-order valence-electron chi connectivity index (χ1n) is 7.96. The van der Waals surface area contributed by atoms with E-state index in [1.54, 1.807) is 55.6 Å². The van der Waals surface area contributed by atoms with Crippen LogP contribution >= 0.6 is 11.3 Å². The number of carbonyl (C=O) groups excluding carboxylic acids is 1. The van der Waals surface area contributed by atoms with Gasteiger partial charge in [-0.05, 0) is 24.3 Å². The zero-order valence-corrected chi connectivity index (χ0v) is 15.2. The Morgan fingerprint density at radius 2 is 1.92 bits per heavy atom. The molecule has 134 valence electrons. The first-order chi connectivity index (χ1) is 12.5. The van der Waals surface area contributed by atoms with E-state index in [1.807, 2.05) is 6.07 Å². The number of hydrogen-bond donors (Lipinski definition) is 1. The molecule has 1 heterocycles. The van der Waals surface area contributed by atoms with Crippen LogP contribution in [-0.2, 0) is 6.54 Å². The molecule has 2 aromatic carbocycles. The van der Waals surface area contributed by atoms with Crippen molar-refractivity contribution >= 4 is 17.2 Å². The van der Waals surface area contributed by atoms with Crippen molar-refractivity contribution in [2.75, 3.05) is 14.2 Å². The predicted molar refractivity (Wildman–Crippen MR) is 100 cm³/mol. The highest BCUT2D eigenvalue weighted by molar-refractivity contribution is 7.17. The number of phenolic OH excluding ortho intramolecular Hbond substituents is 1. The number of ether oxygens (including phenoxy) is 1. The van der Waals surface area contributed by atoms with Gasteiger partial charge in [-0.15, -0.1) is 11.3 Å². The van der Waals surface area contributed by atoms with Crippen LogP contribution < -0.4 is 4.74 Å². The zero-order valence-electron chi connectivity index (χ0n) is 14.4. The second kappa shape index (κ2) is 7.58. The molecule has 4 nitrogen and oxygen atoms in total. The molecule has 1 N–H and O–H groups in total. The molecule has 3 aromatic rings. The van der Waals surface area contributed by atoms with Crippen LogP contribution in [0, 0.1) is 5.82 Å². The molecule has 1 aromatic heterocycles. The quantitative estimate of drug-likeness (QED) is 0.716. The smallest absolute Gasteiger partial charge is 0.263 e. The van der Waals surface area contributed by atoms with Crippen molar-refractivity contribution in [2.45, 2.75) is 6.54 Å². The molecular formula is C20H18FNO3S. The summed E-state index contributed by atoms with van der Waals surface area (Å²) in [6, 6.07) is 15.2. The lowest BCUT2D eigenvalue weighted by Gasteiger charge is -2.17. The Morgan fingerprint density at radius 1 is 1.15 bits per heavy atom. The highest BCUT2D eigenvalue weighted by atomic mass is 32.1. The monoisotopic (exact) mass is 371 g/mol. The minimum Gasteiger partial charge on any atom is -0.508 e. The van der Waals surface area contributed by atoms with Gasteiger partial charge in [0.15, 0.2) is 11.6 Å².